The van der Waals surface area contributed by atoms with Gasteiger partial charge in [-0.3, -0.25) is 25.5 Å². The highest BCUT2D eigenvalue weighted by Crippen LogP contribution is 2.34. The van der Waals surface area contributed by atoms with E-state index in [1.165, 1.54) is 37.4 Å². The van der Waals surface area contributed by atoms with Crippen molar-refractivity contribution in [1.82, 2.24) is 10.6 Å². The first-order valence-corrected chi connectivity index (χ1v) is 9.70. The van der Waals surface area contributed by atoms with Gasteiger partial charge in [-0.25, -0.2) is 4.79 Å². The Bertz CT molecular complexity index is 1070. The van der Waals surface area contributed by atoms with E-state index in [1.54, 1.807) is 25.1 Å². The molecule has 1 aliphatic rings. The van der Waals surface area contributed by atoms with Crippen LogP contribution >= 0.6 is 0 Å². The lowest BCUT2D eigenvalue weighted by Gasteiger charge is -2.35. The van der Waals surface area contributed by atoms with E-state index in [1.807, 2.05) is 0 Å². The van der Waals surface area contributed by atoms with E-state index in [0.29, 0.717) is 16.8 Å². The maximum atomic E-state index is 12.8. The summed E-state index contributed by atoms with van der Waals surface area (Å²) in [6.07, 6.45) is -0.588. The maximum absolute atomic E-state index is 12.8. The molecule has 2 atom stereocenters. The Hall–Kier alpha value is -3.83. The molecule has 11 nitrogen and oxygen atoms in total. The smallest absolute Gasteiger partial charge is 0.337 e. The molecular weight excluding hydrogens is 420 g/mol. The molecule has 168 valence electrons. The molecule has 3 rings (SSSR count). The largest absolute Gasteiger partial charge is 0.460 e. The van der Waals surface area contributed by atoms with Crippen molar-refractivity contribution in [2.75, 3.05) is 20.3 Å². The van der Waals surface area contributed by atoms with Crippen molar-refractivity contribution >= 4 is 17.3 Å². The molecule has 0 saturated heterocycles. The van der Waals surface area contributed by atoms with Crippen molar-refractivity contribution in [3.63, 3.8) is 0 Å². The molecule has 2 aromatic rings. The molecule has 0 bridgehead atoms. The molecule has 0 fully saturated rings. The maximum Gasteiger partial charge on any atom is 0.337 e. The number of ether oxygens (including phenoxy) is 2. The minimum absolute atomic E-state index is 0.0437. The van der Waals surface area contributed by atoms with Gasteiger partial charge in [-0.15, -0.1) is 0 Å². The highest BCUT2D eigenvalue weighted by Gasteiger charge is 2.34. The molecule has 0 unspecified atom stereocenters. The minimum atomic E-state index is -0.754. The van der Waals surface area contributed by atoms with Crippen LogP contribution in [0, 0.1) is 20.2 Å². The van der Waals surface area contributed by atoms with Gasteiger partial charge in [-0.05, 0) is 18.1 Å². The summed E-state index contributed by atoms with van der Waals surface area (Å²) in [7, 11) is 1.48. The number of hydrogen-bond donors (Lipinski definition) is 2. The van der Waals surface area contributed by atoms with E-state index in [9.17, 15) is 25.0 Å². The van der Waals surface area contributed by atoms with Crippen LogP contribution in [0.4, 0.5) is 11.4 Å². The van der Waals surface area contributed by atoms with Crippen LogP contribution in [0.1, 0.15) is 30.3 Å². The van der Waals surface area contributed by atoms with Crippen molar-refractivity contribution in [3.8, 4) is 0 Å². The Morgan fingerprint density at radius 3 is 2.19 bits per heavy atom. The second kappa shape index (κ2) is 9.98. The lowest BCUT2D eigenvalue weighted by atomic mass is 9.93. The van der Waals surface area contributed by atoms with E-state index in [0.717, 1.165) is 0 Å². The predicted molar refractivity (Wildman–Crippen MR) is 113 cm³/mol. The highest BCUT2D eigenvalue weighted by atomic mass is 16.6. The third-order valence-electron chi connectivity index (χ3n) is 4.96. The highest BCUT2D eigenvalue weighted by molar-refractivity contribution is 5.91. The molecule has 0 spiro atoms. The van der Waals surface area contributed by atoms with Crippen LogP contribution in [0.15, 0.2) is 59.8 Å². The second-order valence-corrected chi connectivity index (χ2v) is 7.05. The molecule has 1 heterocycles. The summed E-state index contributed by atoms with van der Waals surface area (Å²) >= 11 is 0. The minimum Gasteiger partial charge on any atom is -0.460 e. The number of nitro groups is 2. The fourth-order valence-electron chi connectivity index (χ4n) is 3.45. The van der Waals surface area contributed by atoms with E-state index >= 15 is 0 Å². The van der Waals surface area contributed by atoms with Gasteiger partial charge in [0.05, 0.1) is 28.1 Å². The Labute approximate surface area is 183 Å². The van der Waals surface area contributed by atoms with Gasteiger partial charge in [0.2, 0.25) is 0 Å². The zero-order chi connectivity index (χ0) is 23.3. The van der Waals surface area contributed by atoms with Gasteiger partial charge in [-0.2, -0.15) is 0 Å². The topological polar surface area (TPSA) is 146 Å². The molecule has 11 heteroatoms. The average Bonchev–Trinajstić information content (AvgIpc) is 2.78. The number of non-ortho nitro benzene ring substituents is 2. The van der Waals surface area contributed by atoms with Crippen molar-refractivity contribution in [1.29, 1.82) is 0 Å². The first kappa shape index (κ1) is 22.8. The Balaban J connectivity index is 2.02. The first-order valence-electron chi connectivity index (χ1n) is 9.70. The van der Waals surface area contributed by atoms with Gasteiger partial charge >= 0.3 is 5.97 Å². The number of nitro benzene ring substituents is 2. The van der Waals surface area contributed by atoms with Gasteiger partial charge in [0.15, 0.2) is 0 Å². The summed E-state index contributed by atoms with van der Waals surface area (Å²) < 4.78 is 10.2. The molecule has 0 saturated carbocycles. The zero-order valence-electron chi connectivity index (χ0n) is 17.4. The summed E-state index contributed by atoms with van der Waals surface area (Å²) in [6, 6.07) is 11.2. The third-order valence-corrected chi connectivity index (χ3v) is 4.96. The number of carbonyl (C=O) groups is 1. The van der Waals surface area contributed by atoms with Gasteiger partial charge in [0.25, 0.3) is 11.4 Å². The van der Waals surface area contributed by atoms with E-state index in [2.05, 4.69) is 10.6 Å². The van der Waals surface area contributed by atoms with Gasteiger partial charge < -0.3 is 14.8 Å². The molecule has 0 aromatic heterocycles. The van der Waals surface area contributed by atoms with Crippen LogP contribution < -0.4 is 10.6 Å². The quantitative estimate of drug-likeness (QED) is 0.273. The SMILES string of the molecule is COCCOC(=O)C1=C(C)N[C@@H](c2cccc([N+](=O)[O-])c2)N[C@H]1c1cccc([N+](=O)[O-])c1. The molecule has 2 aromatic carbocycles. The van der Waals surface area contributed by atoms with Gasteiger partial charge in [-0.1, -0.05) is 24.3 Å². The lowest BCUT2D eigenvalue weighted by molar-refractivity contribution is -0.385. The number of hydrogen-bond acceptors (Lipinski definition) is 9. The fourth-order valence-corrected chi connectivity index (χ4v) is 3.45. The van der Waals surface area contributed by atoms with Crippen molar-refractivity contribution in [2.24, 2.45) is 0 Å². The third kappa shape index (κ3) is 5.07. The van der Waals surface area contributed by atoms with Crippen LogP contribution in [0.5, 0.6) is 0 Å². The number of methoxy groups -OCH3 is 1. The second-order valence-electron chi connectivity index (χ2n) is 7.05. The van der Waals surface area contributed by atoms with Crippen LogP contribution in [0.3, 0.4) is 0 Å². The molecule has 0 aliphatic carbocycles. The summed E-state index contributed by atoms with van der Waals surface area (Å²) in [6.45, 7) is 1.95. The predicted octanol–water partition coefficient (Wildman–Crippen LogP) is 2.90. The molecule has 32 heavy (non-hydrogen) atoms. The van der Waals surface area contributed by atoms with Crippen LogP contribution in [0.2, 0.25) is 0 Å². The number of nitrogens with zero attached hydrogens (tertiary/aromatic N) is 2. The summed E-state index contributed by atoms with van der Waals surface area (Å²) in [5, 5.41) is 28.8. The fraction of sp³-hybridized carbons (Fsp3) is 0.286. The summed E-state index contributed by atoms with van der Waals surface area (Å²) in [5.74, 6) is -0.603. The normalized spacial score (nSPS) is 18.1. The molecule has 0 amide bonds. The Morgan fingerprint density at radius 2 is 1.59 bits per heavy atom. The van der Waals surface area contributed by atoms with Crippen LogP contribution in [0.25, 0.3) is 0 Å². The first-order chi connectivity index (χ1) is 15.3. The lowest BCUT2D eigenvalue weighted by Crippen LogP contribution is -2.44. The van der Waals surface area contributed by atoms with Crippen molar-refractivity contribution in [3.05, 3.63) is 91.2 Å². The zero-order valence-corrected chi connectivity index (χ0v) is 17.4. The standard InChI is InChI=1S/C21H22N4O7/c1-13-18(21(26)32-10-9-31-2)19(14-5-3-7-16(11-14)24(27)28)23-20(22-13)15-6-4-8-17(12-15)25(29)30/h3-8,11-12,19-20,22-23H,9-10H2,1-2H3/t19-,20+/m0/s1. The molecule has 1 aliphatic heterocycles. The van der Waals surface area contributed by atoms with Crippen molar-refractivity contribution in [2.45, 2.75) is 19.1 Å². The Kier molecular flexibility index (Phi) is 7.13. The number of allylic oxidation sites excluding steroid dienone is 1. The summed E-state index contributed by atoms with van der Waals surface area (Å²) in [4.78, 5) is 34.3. The monoisotopic (exact) mass is 442 g/mol. The number of esters is 1. The van der Waals surface area contributed by atoms with Crippen LogP contribution in [-0.2, 0) is 14.3 Å². The number of carbonyl (C=O) groups excluding carboxylic acids is 1. The number of benzene rings is 2. The molecule has 2 N–H and O–H groups in total. The number of rotatable bonds is 8. The Morgan fingerprint density at radius 1 is 1.00 bits per heavy atom. The van der Waals surface area contributed by atoms with E-state index < -0.39 is 28.0 Å². The van der Waals surface area contributed by atoms with E-state index in [-0.39, 0.29) is 30.2 Å². The number of nitrogens with one attached hydrogen (secondary N) is 2. The summed E-state index contributed by atoms with van der Waals surface area (Å²) in [5.41, 5.74) is 1.58. The van der Waals surface area contributed by atoms with Gasteiger partial charge in [0.1, 0.15) is 12.8 Å². The van der Waals surface area contributed by atoms with Crippen molar-refractivity contribution < 1.29 is 24.1 Å². The molecule has 0 radical (unpaired) electrons. The van der Waals surface area contributed by atoms with E-state index in [4.69, 9.17) is 9.47 Å². The molecular formula is C21H22N4O7. The van der Waals surface area contributed by atoms with Gasteiger partial charge in [0, 0.05) is 37.1 Å². The van der Waals surface area contributed by atoms with Crippen LogP contribution in [-0.4, -0.2) is 36.1 Å². The average molecular weight is 442 g/mol.